The van der Waals surface area contributed by atoms with Gasteiger partial charge in [-0.1, -0.05) is 29.3 Å². The second-order valence-electron chi connectivity index (χ2n) is 4.02. The summed E-state index contributed by atoms with van der Waals surface area (Å²) in [6.45, 7) is 1.13. The van der Waals surface area contributed by atoms with Gasteiger partial charge in [-0.05, 0) is 12.1 Å². The van der Waals surface area contributed by atoms with Gasteiger partial charge in [0.15, 0.2) is 0 Å². The summed E-state index contributed by atoms with van der Waals surface area (Å²) in [7, 11) is 0. The Morgan fingerprint density at radius 2 is 1.65 bits per heavy atom. The van der Waals surface area contributed by atoms with Crippen molar-refractivity contribution in [2.75, 3.05) is 0 Å². The molecule has 0 aliphatic heterocycles. The molecule has 0 fully saturated rings. The van der Waals surface area contributed by atoms with Gasteiger partial charge in [0.1, 0.15) is 6.04 Å². The van der Waals surface area contributed by atoms with Crippen LogP contribution in [0.1, 0.15) is 23.7 Å². The van der Waals surface area contributed by atoms with E-state index in [-0.39, 0.29) is 15.6 Å². The third-order valence-electron chi connectivity index (χ3n) is 2.12. The third-order valence-corrected chi connectivity index (χ3v) is 2.74. The molecular formula is C13H13Cl2NO7. The van der Waals surface area contributed by atoms with Crippen LogP contribution in [-0.2, 0) is 19.1 Å². The van der Waals surface area contributed by atoms with Crippen LogP contribution in [0.15, 0.2) is 18.2 Å². The first kappa shape index (κ1) is 20.8. The maximum Gasteiger partial charge on any atom is 0.348 e. The van der Waals surface area contributed by atoms with E-state index in [9.17, 15) is 19.2 Å². The van der Waals surface area contributed by atoms with E-state index in [0.717, 1.165) is 6.92 Å². The molecule has 10 heteroatoms. The van der Waals surface area contributed by atoms with Crippen molar-refractivity contribution in [3.8, 4) is 0 Å². The first-order chi connectivity index (χ1) is 10.6. The lowest BCUT2D eigenvalue weighted by Gasteiger charge is -2.03. The van der Waals surface area contributed by atoms with Gasteiger partial charge >= 0.3 is 23.9 Å². The number of hydrogen-bond donors (Lipinski definition) is 3. The highest BCUT2D eigenvalue weighted by Crippen LogP contribution is 2.24. The minimum atomic E-state index is -1.29. The van der Waals surface area contributed by atoms with Gasteiger partial charge in [0.05, 0.1) is 22.0 Å². The fourth-order valence-corrected chi connectivity index (χ4v) is 1.70. The molecule has 126 valence electrons. The Kier molecular flexibility index (Phi) is 8.86. The van der Waals surface area contributed by atoms with Crippen LogP contribution in [0.2, 0.25) is 10.0 Å². The molecule has 0 bridgehead atoms. The molecular weight excluding hydrogens is 353 g/mol. The van der Waals surface area contributed by atoms with Crippen LogP contribution in [0.4, 0.5) is 0 Å². The monoisotopic (exact) mass is 365 g/mol. The molecule has 0 saturated heterocycles. The second kappa shape index (κ2) is 9.78. The molecule has 0 amide bonds. The van der Waals surface area contributed by atoms with E-state index >= 15 is 0 Å². The van der Waals surface area contributed by atoms with Gasteiger partial charge in [-0.2, -0.15) is 0 Å². The molecule has 1 rings (SSSR count). The number of rotatable bonds is 4. The third kappa shape index (κ3) is 8.15. The Bertz CT molecular complexity index is 598. The summed E-state index contributed by atoms with van der Waals surface area (Å²) in [5.74, 6) is -4.04. The van der Waals surface area contributed by atoms with E-state index in [1.54, 1.807) is 6.07 Å². The molecule has 0 unspecified atom stereocenters. The number of esters is 2. The maximum absolute atomic E-state index is 11.3. The minimum absolute atomic E-state index is 0.00559. The summed E-state index contributed by atoms with van der Waals surface area (Å²) in [6, 6.07) is 3.28. The summed E-state index contributed by atoms with van der Waals surface area (Å²) in [4.78, 5) is 41.4. The Morgan fingerprint density at radius 1 is 1.17 bits per heavy atom. The number of ether oxygens (including phenoxy) is 1. The number of carboxylic acid groups (broad SMARTS) is 2. The Morgan fingerprint density at radius 3 is 1.96 bits per heavy atom. The molecule has 23 heavy (non-hydrogen) atoms. The van der Waals surface area contributed by atoms with E-state index in [1.807, 2.05) is 0 Å². The van der Waals surface area contributed by atoms with Crippen LogP contribution < -0.4 is 5.73 Å². The maximum atomic E-state index is 11.3. The van der Waals surface area contributed by atoms with E-state index in [0.29, 0.717) is 0 Å². The Hall–Kier alpha value is -2.16. The van der Waals surface area contributed by atoms with Crippen molar-refractivity contribution in [1.82, 2.24) is 0 Å². The average molecular weight is 366 g/mol. The average Bonchev–Trinajstić information content (AvgIpc) is 2.37. The van der Waals surface area contributed by atoms with Gasteiger partial charge in [0, 0.05) is 6.92 Å². The van der Waals surface area contributed by atoms with Crippen LogP contribution >= 0.6 is 23.2 Å². The smallest absolute Gasteiger partial charge is 0.348 e. The Balaban J connectivity index is 0.000000468. The number of carbonyl (C=O) groups is 4. The van der Waals surface area contributed by atoms with Gasteiger partial charge in [-0.15, -0.1) is 0 Å². The van der Waals surface area contributed by atoms with Crippen molar-refractivity contribution in [3.05, 3.63) is 33.8 Å². The molecule has 0 spiro atoms. The number of carboxylic acids is 2. The normalized spacial score (nSPS) is 10.8. The van der Waals surface area contributed by atoms with Crippen LogP contribution in [0.3, 0.4) is 0 Å². The van der Waals surface area contributed by atoms with E-state index < -0.39 is 36.3 Å². The standard InChI is InChI=1S/C9H6Cl2O3.C4H7NO4/c1-5(12)14-9(13)8-6(10)3-2-4-7(8)11;5-2(4(8)9)1-3(6)7/h2-4H,1H3;2H,1,5H2,(H,6,7)(H,8,9)/t;2-/m.0/s1. The first-order valence-corrected chi connectivity index (χ1v) is 6.68. The minimum Gasteiger partial charge on any atom is -0.481 e. The molecule has 1 atom stereocenters. The molecule has 0 aliphatic rings. The summed E-state index contributed by atoms with van der Waals surface area (Å²) in [6.07, 6.45) is -0.532. The number of nitrogens with two attached hydrogens (primary N) is 1. The summed E-state index contributed by atoms with van der Waals surface area (Å²) < 4.78 is 4.35. The van der Waals surface area contributed by atoms with E-state index in [1.165, 1.54) is 12.1 Å². The summed E-state index contributed by atoms with van der Waals surface area (Å²) in [5.41, 5.74) is 4.84. The predicted octanol–water partition coefficient (Wildman–Crippen LogP) is 1.57. The lowest BCUT2D eigenvalue weighted by molar-refractivity contribution is -0.144. The van der Waals surface area contributed by atoms with Crippen molar-refractivity contribution in [2.24, 2.45) is 5.73 Å². The van der Waals surface area contributed by atoms with Gasteiger partial charge in [0.25, 0.3) is 0 Å². The van der Waals surface area contributed by atoms with Crippen LogP contribution in [0, 0.1) is 0 Å². The highest BCUT2D eigenvalue weighted by atomic mass is 35.5. The van der Waals surface area contributed by atoms with Crippen molar-refractivity contribution in [1.29, 1.82) is 0 Å². The Labute approximate surface area is 140 Å². The van der Waals surface area contributed by atoms with E-state index in [4.69, 9.17) is 39.1 Å². The first-order valence-electron chi connectivity index (χ1n) is 5.93. The summed E-state index contributed by atoms with van der Waals surface area (Å²) in [5, 5.41) is 16.3. The van der Waals surface area contributed by atoms with Gasteiger partial charge in [-0.3, -0.25) is 14.4 Å². The molecule has 1 aromatic rings. The lowest BCUT2D eigenvalue weighted by Crippen LogP contribution is -2.32. The highest BCUT2D eigenvalue weighted by Gasteiger charge is 2.17. The molecule has 0 heterocycles. The van der Waals surface area contributed by atoms with Crippen LogP contribution in [0.25, 0.3) is 0 Å². The molecule has 0 aliphatic carbocycles. The number of hydrogen-bond acceptors (Lipinski definition) is 6. The zero-order valence-electron chi connectivity index (χ0n) is 11.8. The molecule has 0 saturated carbocycles. The topological polar surface area (TPSA) is 144 Å². The van der Waals surface area contributed by atoms with Gasteiger partial charge in [-0.25, -0.2) is 4.79 Å². The SMILES string of the molecule is CC(=O)OC(=O)c1c(Cl)cccc1Cl.N[C@@H](CC(=O)O)C(=O)O. The highest BCUT2D eigenvalue weighted by molar-refractivity contribution is 6.39. The van der Waals surface area contributed by atoms with Crippen molar-refractivity contribution in [2.45, 2.75) is 19.4 Å². The number of carbonyl (C=O) groups excluding carboxylic acids is 2. The lowest BCUT2D eigenvalue weighted by atomic mass is 10.2. The number of aliphatic carboxylic acids is 2. The van der Waals surface area contributed by atoms with Gasteiger partial charge in [0.2, 0.25) is 0 Å². The second-order valence-corrected chi connectivity index (χ2v) is 4.83. The zero-order chi connectivity index (χ0) is 18.2. The molecule has 1 aromatic carbocycles. The molecule has 8 nitrogen and oxygen atoms in total. The fraction of sp³-hybridized carbons (Fsp3) is 0.231. The van der Waals surface area contributed by atoms with Crippen molar-refractivity contribution >= 4 is 47.1 Å². The van der Waals surface area contributed by atoms with Crippen molar-refractivity contribution in [3.63, 3.8) is 0 Å². The summed E-state index contributed by atoms with van der Waals surface area (Å²) >= 11 is 11.4. The van der Waals surface area contributed by atoms with Crippen molar-refractivity contribution < 1.29 is 34.1 Å². The fourth-order valence-electron chi connectivity index (χ4n) is 1.15. The van der Waals surface area contributed by atoms with Gasteiger partial charge < -0.3 is 20.7 Å². The number of benzene rings is 1. The predicted molar refractivity (Wildman–Crippen MR) is 80.4 cm³/mol. The van der Waals surface area contributed by atoms with E-state index in [2.05, 4.69) is 4.74 Å². The quantitative estimate of drug-likeness (QED) is 0.538. The number of halogens is 2. The largest absolute Gasteiger partial charge is 0.481 e. The molecule has 0 radical (unpaired) electrons. The molecule has 0 aromatic heterocycles. The zero-order valence-corrected chi connectivity index (χ0v) is 13.3. The van der Waals surface area contributed by atoms with Crippen LogP contribution in [-0.4, -0.2) is 40.1 Å². The molecule has 4 N–H and O–H groups in total. The van der Waals surface area contributed by atoms with Crippen LogP contribution in [0.5, 0.6) is 0 Å².